The molecule has 0 saturated heterocycles. The van der Waals surface area contributed by atoms with E-state index in [2.05, 4.69) is 29.4 Å². The minimum atomic E-state index is -0.234. The fraction of sp³-hybridized carbons (Fsp3) is 0.375. The average molecular weight is 319 g/mol. The van der Waals surface area contributed by atoms with Crippen molar-refractivity contribution in [3.8, 4) is 0 Å². The number of carbonyl (C=O) groups excluding carboxylic acids is 2. The summed E-state index contributed by atoms with van der Waals surface area (Å²) in [6.45, 7) is 7.49. The minimum Gasteiger partial charge on any atom is -0.351 e. The number of nitrogens with zero attached hydrogens (tertiary/aromatic N) is 1. The van der Waals surface area contributed by atoms with Crippen LogP contribution in [0.15, 0.2) is 40.1 Å². The van der Waals surface area contributed by atoms with Gasteiger partial charge in [-0.2, -0.15) is 0 Å². The molecule has 0 bridgehead atoms. The van der Waals surface area contributed by atoms with Crippen LogP contribution in [-0.2, 0) is 9.59 Å². The van der Waals surface area contributed by atoms with E-state index in [9.17, 15) is 9.59 Å². The third-order valence-electron chi connectivity index (χ3n) is 3.46. The second kappa shape index (κ2) is 8.00. The Morgan fingerprint density at radius 2 is 2.05 bits per heavy atom. The number of benzene rings is 1. The molecule has 1 aliphatic heterocycles. The van der Waals surface area contributed by atoms with Gasteiger partial charge in [0.25, 0.3) is 5.91 Å². The zero-order valence-corrected chi connectivity index (χ0v) is 13.7. The van der Waals surface area contributed by atoms with Gasteiger partial charge in [-0.3, -0.25) is 9.59 Å². The van der Waals surface area contributed by atoms with E-state index in [0.717, 1.165) is 30.2 Å². The van der Waals surface area contributed by atoms with Gasteiger partial charge in [-0.25, -0.2) is 0 Å². The quantitative estimate of drug-likeness (QED) is 0.788. The number of para-hydroxylation sites is 1. The predicted molar refractivity (Wildman–Crippen MR) is 89.8 cm³/mol. The van der Waals surface area contributed by atoms with Gasteiger partial charge in [0.1, 0.15) is 0 Å². The van der Waals surface area contributed by atoms with Crippen molar-refractivity contribution in [3.05, 3.63) is 35.2 Å². The molecular weight excluding hydrogens is 298 g/mol. The van der Waals surface area contributed by atoms with Crippen molar-refractivity contribution in [2.75, 3.05) is 31.5 Å². The predicted octanol–water partition coefficient (Wildman–Crippen LogP) is 2.07. The Balaban J connectivity index is 1.92. The number of anilines is 1. The van der Waals surface area contributed by atoms with Gasteiger partial charge < -0.3 is 15.5 Å². The van der Waals surface area contributed by atoms with E-state index in [-0.39, 0.29) is 11.8 Å². The first kappa shape index (κ1) is 16.6. The van der Waals surface area contributed by atoms with Gasteiger partial charge in [0, 0.05) is 24.1 Å². The highest BCUT2D eigenvalue weighted by Crippen LogP contribution is 2.37. The van der Waals surface area contributed by atoms with Gasteiger partial charge in [0.2, 0.25) is 5.91 Å². The van der Waals surface area contributed by atoms with Crippen LogP contribution in [0.1, 0.15) is 13.8 Å². The second-order valence-electron chi connectivity index (χ2n) is 4.88. The van der Waals surface area contributed by atoms with Crippen LogP contribution >= 0.6 is 11.8 Å². The topological polar surface area (TPSA) is 61.4 Å². The van der Waals surface area contributed by atoms with Gasteiger partial charge in [0.05, 0.1) is 10.6 Å². The Morgan fingerprint density at radius 1 is 1.32 bits per heavy atom. The zero-order valence-electron chi connectivity index (χ0n) is 12.9. The molecule has 0 aromatic heterocycles. The summed E-state index contributed by atoms with van der Waals surface area (Å²) in [5, 5.41) is 5.61. The van der Waals surface area contributed by atoms with Crippen molar-refractivity contribution in [3.63, 3.8) is 0 Å². The van der Waals surface area contributed by atoms with E-state index >= 15 is 0 Å². The van der Waals surface area contributed by atoms with E-state index in [0.29, 0.717) is 11.4 Å². The molecule has 1 aromatic carbocycles. The van der Waals surface area contributed by atoms with Gasteiger partial charge in [-0.1, -0.05) is 37.7 Å². The summed E-state index contributed by atoms with van der Waals surface area (Å²) in [5.41, 5.74) is 0.789. The molecule has 0 fully saturated rings. The number of hydrogen-bond acceptors (Lipinski definition) is 4. The highest BCUT2D eigenvalue weighted by atomic mass is 32.2. The smallest absolute Gasteiger partial charge is 0.262 e. The molecule has 1 aliphatic rings. The minimum absolute atomic E-state index is 0.232. The highest BCUT2D eigenvalue weighted by molar-refractivity contribution is 8.04. The number of nitrogens with one attached hydrogen (secondary N) is 2. The van der Waals surface area contributed by atoms with Gasteiger partial charge in [-0.05, 0) is 25.2 Å². The van der Waals surface area contributed by atoms with Crippen LogP contribution < -0.4 is 10.6 Å². The maximum absolute atomic E-state index is 12.0. The third-order valence-corrected chi connectivity index (χ3v) is 4.56. The molecule has 1 heterocycles. The number of fused-ring (bicyclic) bond motifs is 1. The first-order valence-corrected chi connectivity index (χ1v) is 8.25. The Morgan fingerprint density at radius 3 is 2.77 bits per heavy atom. The maximum atomic E-state index is 12.0. The Kier molecular flexibility index (Phi) is 6.03. The molecule has 5 nitrogen and oxygen atoms in total. The number of thioether (sulfide) groups is 1. The molecule has 0 spiro atoms. The van der Waals surface area contributed by atoms with E-state index in [1.807, 2.05) is 24.3 Å². The first-order valence-electron chi connectivity index (χ1n) is 7.44. The summed E-state index contributed by atoms with van der Waals surface area (Å²) in [6.07, 6.45) is 1.37. The molecule has 0 radical (unpaired) electrons. The molecule has 1 aromatic rings. The third kappa shape index (κ3) is 4.35. The summed E-state index contributed by atoms with van der Waals surface area (Å²) in [6, 6.07) is 7.55. The Hall–Kier alpha value is -1.79. The van der Waals surface area contributed by atoms with Crippen LogP contribution in [0, 0.1) is 0 Å². The number of carbonyl (C=O) groups is 2. The molecule has 0 aliphatic carbocycles. The van der Waals surface area contributed by atoms with Crippen molar-refractivity contribution in [2.45, 2.75) is 18.7 Å². The van der Waals surface area contributed by atoms with E-state index in [1.54, 1.807) is 0 Å². The van der Waals surface area contributed by atoms with Gasteiger partial charge in [0.15, 0.2) is 0 Å². The number of likely N-dealkylation sites (N-methyl/N-ethyl adjacent to an activating group) is 1. The summed E-state index contributed by atoms with van der Waals surface area (Å²) >= 11 is 1.32. The Bertz CT molecular complexity index is 583. The number of hydrogen-bond donors (Lipinski definition) is 2. The van der Waals surface area contributed by atoms with Crippen LogP contribution in [0.25, 0.3) is 0 Å². The molecule has 118 valence electrons. The van der Waals surface area contributed by atoms with Gasteiger partial charge in [-0.15, -0.1) is 0 Å². The lowest BCUT2D eigenvalue weighted by Gasteiger charge is -2.19. The standard InChI is InChI=1S/C16H21N3O2S/c1-3-19(4-2)10-9-17-15(20)11-14-16(21)18-12-7-5-6-8-13(12)22-14/h5-8,11H,3-4,9-10H2,1-2H3,(H,17,20)(H,18,21)/b14-11-. The van der Waals surface area contributed by atoms with E-state index in [4.69, 9.17) is 0 Å². The molecule has 2 rings (SSSR count). The lowest BCUT2D eigenvalue weighted by molar-refractivity contribution is -0.117. The Labute approximate surface area is 135 Å². The monoisotopic (exact) mass is 319 g/mol. The fourth-order valence-corrected chi connectivity index (χ4v) is 3.07. The van der Waals surface area contributed by atoms with Crippen molar-refractivity contribution < 1.29 is 9.59 Å². The summed E-state index contributed by atoms with van der Waals surface area (Å²) in [5.74, 6) is -0.466. The van der Waals surface area contributed by atoms with Crippen molar-refractivity contribution >= 4 is 29.3 Å². The van der Waals surface area contributed by atoms with Crippen LogP contribution in [0.3, 0.4) is 0 Å². The summed E-state index contributed by atoms with van der Waals surface area (Å²) in [7, 11) is 0. The molecule has 6 heteroatoms. The van der Waals surface area contributed by atoms with Crippen molar-refractivity contribution in [2.24, 2.45) is 0 Å². The molecule has 0 saturated carbocycles. The SMILES string of the molecule is CCN(CC)CCNC(=O)/C=C1\Sc2ccccc2NC1=O. The largest absolute Gasteiger partial charge is 0.351 e. The summed E-state index contributed by atoms with van der Waals surface area (Å²) in [4.78, 5) is 27.5. The molecule has 22 heavy (non-hydrogen) atoms. The van der Waals surface area contributed by atoms with Crippen molar-refractivity contribution in [1.29, 1.82) is 0 Å². The highest BCUT2D eigenvalue weighted by Gasteiger charge is 2.21. The maximum Gasteiger partial charge on any atom is 0.262 e. The van der Waals surface area contributed by atoms with Crippen LogP contribution in [0.2, 0.25) is 0 Å². The van der Waals surface area contributed by atoms with E-state index in [1.165, 1.54) is 17.8 Å². The lowest BCUT2D eigenvalue weighted by atomic mass is 10.3. The fourth-order valence-electron chi connectivity index (χ4n) is 2.15. The molecule has 2 amide bonds. The lowest BCUT2D eigenvalue weighted by Crippen LogP contribution is -2.34. The van der Waals surface area contributed by atoms with Crippen molar-refractivity contribution in [1.82, 2.24) is 10.2 Å². The van der Waals surface area contributed by atoms with Crippen LogP contribution in [-0.4, -0.2) is 42.9 Å². The zero-order chi connectivity index (χ0) is 15.9. The summed E-state index contributed by atoms with van der Waals surface area (Å²) < 4.78 is 0. The second-order valence-corrected chi connectivity index (χ2v) is 5.96. The molecule has 2 N–H and O–H groups in total. The average Bonchev–Trinajstić information content (AvgIpc) is 2.52. The molecule has 0 atom stereocenters. The first-order chi connectivity index (χ1) is 10.6. The van der Waals surface area contributed by atoms with Crippen LogP contribution in [0.4, 0.5) is 5.69 Å². The number of amides is 2. The van der Waals surface area contributed by atoms with E-state index < -0.39 is 0 Å². The molecular formula is C16H21N3O2S. The normalized spacial score (nSPS) is 15.6. The molecule has 0 unspecified atom stereocenters. The van der Waals surface area contributed by atoms with Gasteiger partial charge >= 0.3 is 0 Å². The number of rotatable bonds is 6. The van der Waals surface area contributed by atoms with Crippen LogP contribution in [0.5, 0.6) is 0 Å².